The van der Waals surface area contributed by atoms with Crippen molar-refractivity contribution in [3.05, 3.63) is 89.9 Å². The highest BCUT2D eigenvalue weighted by atomic mass is 19.1. The van der Waals surface area contributed by atoms with Crippen molar-refractivity contribution in [1.29, 1.82) is 0 Å². The number of aliphatic carboxylic acids is 1. The van der Waals surface area contributed by atoms with Crippen molar-refractivity contribution in [3.63, 3.8) is 0 Å². The molecule has 0 saturated carbocycles. The van der Waals surface area contributed by atoms with Gasteiger partial charge in [0.2, 0.25) is 29.5 Å². The van der Waals surface area contributed by atoms with Gasteiger partial charge in [-0.2, -0.15) is 0 Å². The van der Waals surface area contributed by atoms with Gasteiger partial charge in [-0.25, -0.2) is 18.6 Å². The van der Waals surface area contributed by atoms with E-state index in [1.165, 1.54) is 24.0 Å². The molecular weight excluding hydrogens is 935 g/mol. The molecule has 0 unspecified atom stereocenters. The van der Waals surface area contributed by atoms with Crippen LogP contribution in [0.5, 0.6) is 0 Å². The molecule has 0 bridgehead atoms. The minimum atomic E-state index is -1.30. The molecule has 18 nitrogen and oxygen atoms in total. The molecule has 20 heteroatoms. The first-order valence-corrected chi connectivity index (χ1v) is 24.4. The average molecular weight is 1010 g/mol. The van der Waals surface area contributed by atoms with Crippen molar-refractivity contribution in [2.75, 3.05) is 26.2 Å². The number of carboxylic acid groups (broad SMARTS) is 1. The van der Waals surface area contributed by atoms with Gasteiger partial charge in [-0.3, -0.25) is 38.5 Å². The van der Waals surface area contributed by atoms with Crippen molar-refractivity contribution in [2.24, 2.45) is 17.3 Å². The third-order valence-electron chi connectivity index (χ3n) is 12.3. The Balaban J connectivity index is 1.28. The number of halogens is 2. The van der Waals surface area contributed by atoms with Gasteiger partial charge < -0.3 is 40.9 Å². The molecule has 0 spiro atoms. The molecule has 72 heavy (non-hydrogen) atoms. The number of hydrogen-bond donors (Lipinski definition) is 6. The van der Waals surface area contributed by atoms with Gasteiger partial charge in [0.25, 0.3) is 11.8 Å². The maximum atomic E-state index is 15.1. The van der Waals surface area contributed by atoms with Gasteiger partial charge in [-0.05, 0) is 80.5 Å². The molecular formula is C52H70F2N8O10. The Hall–Kier alpha value is -6.83. The number of rotatable bonds is 28. The van der Waals surface area contributed by atoms with Gasteiger partial charge in [0, 0.05) is 62.4 Å². The number of nitrogens with zero attached hydrogens (tertiary/aromatic N) is 4. The fourth-order valence-corrected chi connectivity index (χ4v) is 8.27. The van der Waals surface area contributed by atoms with E-state index in [0.29, 0.717) is 37.9 Å². The molecule has 0 saturated heterocycles. The van der Waals surface area contributed by atoms with Crippen LogP contribution in [0.4, 0.5) is 8.78 Å². The van der Waals surface area contributed by atoms with Crippen LogP contribution in [-0.2, 0) is 44.9 Å². The Morgan fingerprint density at radius 1 is 0.806 bits per heavy atom. The summed E-state index contributed by atoms with van der Waals surface area (Å²) in [4.78, 5) is 109. The van der Waals surface area contributed by atoms with E-state index in [9.17, 15) is 53.0 Å². The van der Waals surface area contributed by atoms with E-state index in [4.69, 9.17) is 4.98 Å². The molecule has 0 aliphatic carbocycles. The second-order valence-electron chi connectivity index (χ2n) is 19.6. The van der Waals surface area contributed by atoms with Gasteiger partial charge in [-0.15, -0.1) is 0 Å². The molecule has 0 radical (unpaired) electrons. The summed E-state index contributed by atoms with van der Waals surface area (Å²) in [6.45, 7) is 12.1. The summed E-state index contributed by atoms with van der Waals surface area (Å²) in [7, 11) is 0. The summed E-state index contributed by atoms with van der Waals surface area (Å²) in [5.74, 6) is -6.70. The normalized spacial score (nSPS) is 14.6. The zero-order chi connectivity index (χ0) is 53.3. The molecule has 2 aromatic carbocycles. The largest absolute Gasteiger partial charge is 0.480 e. The summed E-state index contributed by atoms with van der Waals surface area (Å²) in [6, 6.07) is 8.25. The Bertz CT molecular complexity index is 2400. The highest BCUT2D eigenvalue weighted by Gasteiger charge is 2.39. The number of benzene rings is 2. The maximum Gasteiger partial charge on any atom is 0.326 e. The van der Waals surface area contributed by atoms with Crippen molar-refractivity contribution < 1.29 is 57.4 Å². The molecule has 3 aromatic rings. The number of aliphatic hydroxyl groups is 1. The Morgan fingerprint density at radius 3 is 2.11 bits per heavy atom. The standard InChI is InChI=1S/C52H70F2N8O10/c1-32(2)45(59-41(64)19-12-9-15-26-61-42(65)22-23-43(61)66)50(70)56-34(4)49(69)58-39(51(71)72)18-13-14-25-55-48(68)33(3)24-27-62(44(67)31-63)46(52(5,6)7)47-57-40(37-28-36(53)20-21-38(37)54)30-60(47)29-35-16-10-8-11-17-35/h8,10-11,16-17,20-23,28,30,32-34,39,45-46,63H,9,12-15,18-19,24-27,29,31H2,1-7H3,(H,55,68)(H,56,70)(H,58,69)(H,59,64)(H,71,72)/t33-,34-,39-,45-,46-/m0/s1. The Morgan fingerprint density at radius 2 is 1.49 bits per heavy atom. The van der Waals surface area contributed by atoms with E-state index in [1.54, 1.807) is 31.5 Å². The number of aromatic nitrogens is 2. The van der Waals surface area contributed by atoms with E-state index in [0.717, 1.165) is 28.7 Å². The van der Waals surface area contributed by atoms with Crippen LogP contribution in [0.15, 0.2) is 66.9 Å². The lowest BCUT2D eigenvalue weighted by Crippen LogP contribution is -2.56. The zero-order valence-corrected chi connectivity index (χ0v) is 42.2. The van der Waals surface area contributed by atoms with Gasteiger partial charge in [0.1, 0.15) is 42.2 Å². The number of amides is 7. The molecule has 1 aromatic heterocycles. The fourth-order valence-electron chi connectivity index (χ4n) is 8.27. The van der Waals surface area contributed by atoms with E-state index < -0.39 is 83.3 Å². The molecule has 4 rings (SSSR count). The Kier molecular flexibility index (Phi) is 21.8. The van der Waals surface area contributed by atoms with Crippen LogP contribution in [-0.4, -0.2) is 121 Å². The first-order valence-electron chi connectivity index (χ1n) is 24.4. The predicted octanol–water partition coefficient (Wildman–Crippen LogP) is 4.80. The van der Waals surface area contributed by atoms with Crippen LogP contribution in [0.2, 0.25) is 0 Å². The molecule has 5 atom stereocenters. The van der Waals surface area contributed by atoms with Crippen LogP contribution in [0.25, 0.3) is 11.3 Å². The number of carboxylic acids is 1. The number of imidazole rings is 1. The third-order valence-corrected chi connectivity index (χ3v) is 12.3. The second kappa shape index (κ2) is 27.1. The summed E-state index contributed by atoms with van der Waals surface area (Å²) >= 11 is 0. The van der Waals surface area contributed by atoms with Crippen molar-refractivity contribution >= 4 is 47.3 Å². The maximum absolute atomic E-state index is 15.1. The SMILES string of the molecule is CC(C)[C@H](NC(=O)CCCCCN1C(=O)C=CC1=O)C(=O)N[C@@H](C)C(=O)N[C@@H](CCCCNC(=O)[C@@H](C)CCN(C(=O)CO)[C@@H](c1nc(-c2cc(F)ccc2F)cn1Cc1ccccc1)C(C)(C)C)C(=O)O. The van der Waals surface area contributed by atoms with Crippen LogP contribution < -0.4 is 21.3 Å². The Labute approximate surface area is 419 Å². The minimum absolute atomic E-state index is 0.0133. The number of imide groups is 1. The lowest BCUT2D eigenvalue weighted by molar-refractivity contribution is -0.142. The van der Waals surface area contributed by atoms with Gasteiger partial charge in [0.15, 0.2) is 0 Å². The molecule has 392 valence electrons. The third kappa shape index (κ3) is 16.9. The quantitative estimate of drug-likeness (QED) is 0.0426. The van der Waals surface area contributed by atoms with Crippen LogP contribution in [0, 0.1) is 28.9 Å². The molecule has 1 aliphatic rings. The van der Waals surface area contributed by atoms with E-state index >= 15 is 4.39 Å². The fraction of sp³-hybridized carbons (Fsp3) is 0.519. The molecule has 2 heterocycles. The van der Waals surface area contributed by atoms with E-state index in [-0.39, 0.29) is 80.3 Å². The lowest BCUT2D eigenvalue weighted by Gasteiger charge is -2.40. The van der Waals surface area contributed by atoms with Crippen LogP contribution >= 0.6 is 0 Å². The molecule has 7 amide bonds. The number of nitrogens with one attached hydrogen (secondary N) is 4. The molecule has 6 N–H and O–H groups in total. The van der Waals surface area contributed by atoms with Crippen LogP contribution in [0.3, 0.4) is 0 Å². The smallest absolute Gasteiger partial charge is 0.326 e. The number of aliphatic hydroxyl groups excluding tert-OH is 1. The van der Waals surface area contributed by atoms with Crippen molar-refractivity contribution in [3.8, 4) is 11.3 Å². The number of carbonyl (C=O) groups excluding carboxylic acids is 7. The van der Waals surface area contributed by atoms with Crippen LogP contribution in [0.1, 0.15) is 117 Å². The minimum Gasteiger partial charge on any atom is -0.480 e. The second-order valence-corrected chi connectivity index (χ2v) is 19.6. The number of hydrogen-bond acceptors (Lipinski definition) is 10. The van der Waals surface area contributed by atoms with Crippen molar-refractivity contribution in [1.82, 2.24) is 40.6 Å². The summed E-state index contributed by atoms with van der Waals surface area (Å²) < 4.78 is 31.3. The number of unbranched alkanes of at least 4 members (excludes halogenated alkanes) is 3. The number of carbonyl (C=O) groups is 8. The van der Waals surface area contributed by atoms with Gasteiger partial charge >= 0.3 is 5.97 Å². The first-order chi connectivity index (χ1) is 34.0. The lowest BCUT2D eigenvalue weighted by atomic mass is 9.84. The highest BCUT2D eigenvalue weighted by molar-refractivity contribution is 6.12. The summed E-state index contributed by atoms with van der Waals surface area (Å²) in [5, 5.41) is 30.6. The first kappa shape index (κ1) is 57.7. The average Bonchev–Trinajstić information content (AvgIpc) is 3.88. The summed E-state index contributed by atoms with van der Waals surface area (Å²) in [6.07, 6.45) is 6.49. The predicted molar refractivity (Wildman–Crippen MR) is 263 cm³/mol. The van der Waals surface area contributed by atoms with Gasteiger partial charge in [-0.1, -0.05) is 78.3 Å². The van der Waals surface area contributed by atoms with E-state index in [2.05, 4.69) is 21.3 Å². The van der Waals surface area contributed by atoms with Gasteiger partial charge in [0.05, 0.1) is 11.7 Å². The zero-order valence-electron chi connectivity index (χ0n) is 42.2. The molecule has 1 aliphatic heterocycles. The van der Waals surface area contributed by atoms with Crippen molar-refractivity contribution in [2.45, 2.75) is 131 Å². The highest BCUT2D eigenvalue weighted by Crippen LogP contribution is 2.40. The topological polar surface area (TPSA) is 249 Å². The monoisotopic (exact) mass is 1000 g/mol. The van der Waals surface area contributed by atoms with E-state index in [1.807, 2.05) is 51.1 Å². The molecule has 0 fully saturated rings. The summed E-state index contributed by atoms with van der Waals surface area (Å²) in [5.41, 5.74) is 0.261.